The van der Waals surface area contributed by atoms with E-state index in [2.05, 4.69) is 25.6 Å². The fourth-order valence-corrected chi connectivity index (χ4v) is 3.65. The van der Waals surface area contributed by atoms with Crippen LogP contribution >= 0.6 is 15.9 Å². The summed E-state index contributed by atoms with van der Waals surface area (Å²) < 4.78 is 32.5. The summed E-state index contributed by atoms with van der Waals surface area (Å²) in [6.07, 6.45) is 0. The van der Waals surface area contributed by atoms with Crippen molar-refractivity contribution in [1.82, 2.24) is 9.71 Å². The van der Waals surface area contributed by atoms with Crippen molar-refractivity contribution in [1.29, 1.82) is 0 Å². The zero-order valence-corrected chi connectivity index (χ0v) is 13.4. The normalized spacial score (nSPS) is 11.8. The molecular weight excluding hydrogens is 346 g/mol. The molecule has 108 valence electrons. The smallest absolute Gasteiger partial charge is 0.242 e. The van der Waals surface area contributed by atoms with Gasteiger partial charge in [-0.05, 0) is 48.0 Å². The largest absolute Gasteiger partial charge is 0.444 e. The standard InChI is InChI=1S/C12H14BrN3O3S/c1-7-8(2)19-12(16-7)6-15-20(17,18)11-4-3-9(14)5-10(11)13/h3-5,15H,6,14H2,1-2H3. The number of halogens is 1. The molecule has 0 aliphatic rings. The highest BCUT2D eigenvalue weighted by molar-refractivity contribution is 9.10. The van der Waals surface area contributed by atoms with Crippen LogP contribution < -0.4 is 10.5 Å². The SMILES string of the molecule is Cc1nc(CNS(=O)(=O)c2ccc(N)cc2Br)oc1C. The van der Waals surface area contributed by atoms with Gasteiger partial charge in [0.25, 0.3) is 0 Å². The maximum absolute atomic E-state index is 12.2. The Morgan fingerprint density at radius 3 is 2.65 bits per heavy atom. The van der Waals surface area contributed by atoms with Crippen molar-refractivity contribution in [3.8, 4) is 0 Å². The van der Waals surface area contributed by atoms with Gasteiger partial charge >= 0.3 is 0 Å². The molecule has 0 bridgehead atoms. The van der Waals surface area contributed by atoms with Crippen molar-refractivity contribution in [3.05, 3.63) is 40.0 Å². The van der Waals surface area contributed by atoms with Crippen LogP contribution in [-0.4, -0.2) is 13.4 Å². The highest BCUT2D eigenvalue weighted by Gasteiger charge is 2.18. The van der Waals surface area contributed by atoms with Gasteiger partial charge in [-0.2, -0.15) is 0 Å². The third-order valence-electron chi connectivity index (χ3n) is 2.73. The molecule has 8 heteroatoms. The summed E-state index contributed by atoms with van der Waals surface area (Å²) in [7, 11) is -3.66. The lowest BCUT2D eigenvalue weighted by molar-refractivity contribution is 0.463. The molecule has 0 atom stereocenters. The first-order valence-corrected chi connectivity index (χ1v) is 8.05. The monoisotopic (exact) mass is 359 g/mol. The maximum atomic E-state index is 12.2. The molecule has 0 aliphatic heterocycles. The fourth-order valence-electron chi connectivity index (χ4n) is 1.58. The van der Waals surface area contributed by atoms with Gasteiger partial charge in [-0.15, -0.1) is 0 Å². The molecule has 1 aromatic heterocycles. The second kappa shape index (κ2) is 5.55. The lowest BCUT2D eigenvalue weighted by Crippen LogP contribution is -2.23. The number of aryl methyl sites for hydroxylation is 2. The van der Waals surface area contributed by atoms with Gasteiger partial charge < -0.3 is 10.2 Å². The highest BCUT2D eigenvalue weighted by Crippen LogP contribution is 2.24. The molecule has 0 amide bonds. The molecule has 0 fully saturated rings. The zero-order valence-electron chi connectivity index (χ0n) is 11.0. The third kappa shape index (κ3) is 3.20. The molecule has 0 saturated carbocycles. The minimum absolute atomic E-state index is 0.00612. The Morgan fingerprint density at radius 2 is 2.10 bits per heavy atom. The Balaban J connectivity index is 2.19. The van der Waals surface area contributed by atoms with Crippen molar-refractivity contribution in [3.63, 3.8) is 0 Å². The molecule has 20 heavy (non-hydrogen) atoms. The number of nitrogens with two attached hydrogens (primary N) is 1. The van der Waals surface area contributed by atoms with Crippen molar-refractivity contribution < 1.29 is 12.8 Å². The van der Waals surface area contributed by atoms with E-state index in [0.29, 0.717) is 21.8 Å². The Kier molecular flexibility index (Phi) is 4.17. The van der Waals surface area contributed by atoms with E-state index in [4.69, 9.17) is 10.2 Å². The van der Waals surface area contributed by atoms with Crippen LogP contribution in [-0.2, 0) is 16.6 Å². The third-order valence-corrected chi connectivity index (χ3v) is 5.11. The van der Waals surface area contributed by atoms with Gasteiger partial charge in [0.1, 0.15) is 5.76 Å². The molecule has 0 spiro atoms. The van der Waals surface area contributed by atoms with Crippen LogP contribution in [0.2, 0.25) is 0 Å². The zero-order chi connectivity index (χ0) is 14.9. The predicted octanol–water partition coefficient (Wildman–Crippen LogP) is 2.11. The van der Waals surface area contributed by atoms with E-state index in [9.17, 15) is 8.42 Å². The van der Waals surface area contributed by atoms with E-state index in [-0.39, 0.29) is 11.4 Å². The molecule has 0 aliphatic carbocycles. The molecule has 6 nitrogen and oxygen atoms in total. The molecule has 0 radical (unpaired) electrons. The Labute approximate surface area is 125 Å². The minimum atomic E-state index is -3.66. The summed E-state index contributed by atoms with van der Waals surface area (Å²) in [5.74, 6) is 1.00. The van der Waals surface area contributed by atoms with Gasteiger partial charge in [0.05, 0.1) is 17.1 Å². The lowest BCUT2D eigenvalue weighted by Gasteiger charge is -2.07. The lowest BCUT2D eigenvalue weighted by atomic mass is 10.3. The number of anilines is 1. The summed E-state index contributed by atoms with van der Waals surface area (Å²) >= 11 is 3.19. The topological polar surface area (TPSA) is 98.2 Å². The summed E-state index contributed by atoms with van der Waals surface area (Å²) in [5, 5.41) is 0. The predicted molar refractivity (Wildman–Crippen MR) is 78.6 cm³/mol. The maximum Gasteiger partial charge on any atom is 0.242 e. The molecule has 1 aromatic carbocycles. The number of nitrogens with one attached hydrogen (secondary N) is 1. The summed E-state index contributed by atoms with van der Waals surface area (Å²) in [6.45, 7) is 3.57. The molecule has 2 aromatic rings. The molecule has 0 unspecified atom stereocenters. The van der Waals surface area contributed by atoms with Crippen molar-refractivity contribution in [2.75, 3.05) is 5.73 Å². The van der Waals surface area contributed by atoms with Crippen LogP contribution in [0.15, 0.2) is 32.0 Å². The van der Waals surface area contributed by atoms with Crippen molar-refractivity contribution >= 4 is 31.6 Å². The number of aromatic nitrogens is 1. The first-order valence-electron chi connectivity index (χ1n) is 5.77. The van der Waals surface area contributed by atoms with Crippen molar-refractivity contribution in [2.24, 2.45) is 0 Å². The van der Waals surface area contributed by atoms with Crippen LogP contribution in [0.3, 0.4) is 0 Å². The number of hydrogen-bond acceptors (Lipinski definition) is 5. The van der Waals surface area contributed by atoms with Gasteiger partial charge in [-0.1, -0.05) is 0 Å². The number of sulfonamides is 1. The quantitative estimate of drug-likeness (QED) is 0.814. The number of nitrogen functional groups attached to an aromatic ring is 1. The summed E-state index contributed by atoms with van der Waals surface area (Å²) in [5.41, 5.74) is 6.81. The van der Waals surface area contributed by atoms with E-state index in [1.165, 1.54) is 18.2 Å². The van der Waals surface area contributed by atoms with E-state index in [1.54, 1.807) is 13.8 Å². The molecule has 1 heterocycles. The first kappa shape index (κ1) is 15.0. The highest BCUT2D eigenvalue weighted by atomic mass is 79.9. The van der Waals surface area contributed by atoms with Crippen LogP contribution in [0, 0.1) is 13.8 Å². The van der Waals surface area contributed by atoms with E-state index < -0.39 is 10.0 Å². The number of rotatable bonds is 4. The first-order chi connectivity index (χ1) is 9.29. The van der Waals surface area contributed by atoms with E-state index >= 15 is 0 Å². The number of hydrogen-bond donors (Lipinski definition) is 2. The second-order valence-corrected chi connectivity index (χ2v) is 6.85. The second-order valence-electron chi connectivity index (χ2n) is 4.26. The van der Waals surface area contributed by atoms with Gasteiger partial charge in [0.15, 0.2) is 0 Å². The summed E-state index contributed by atoms with van der Waals surface area (Å²) in [6, 6.07) is 4.50. The Morgan fingerprint density at radius 1 is 1.40 bits per heavy atom. The van der Waals surface area contributed by atoms with Crippen LogP contribution in [0.4, 0.5) is 5.69 Å². The number of nitrogens with zero attached hydrogens (tertiary/aromatic N) is 1. The number of benzene rings is 1. The number of oxazole rings is 1. The van der Waals surface area contributed by atoms with Crippen molar-refractivity contribution in [2.45, 2.75) is 25.3 Å². The van der Waals surface area contributed by atoms with Gasteiger partial charge in [0.2, 0.25) is 15.9 Å². The molecular formula is C12H14BrN3O3S. The molecule has 2 rings (SSSR count). The van der Waals surface area contributed by atoms with E-state index in [0.717, 1.165) is 5.69 Å². The van der Waals surface area contributed by atoms with Crippen LogP contribution in [0.1, 0.15) is 17.3 Å². The molecule has 0 saturated heterocycles. The minimum Gasteiger partial charge on any atom is -0.444 e. The average Bonchev–Trinajstić information content (AvgIpc) is 2.66. The summed E-state index contributed by atoms with van der Waals surface area (Å²) in [4.78, 5) is 4.24. The molecule has 3 N–H and O–H groups in total. The van der Waals surface area contributed by atoms with Crippen LogP contribution in [0.5, 0.6) is 0 Å². The Hall–Kier alpha value is -1.38. The van der Waals surface area contributed by atoms with Gasteiger partial charge in [-0.3, -0.25) is 0 Å². The fraction of sp³-hybridized carbons (Fsp3) is 0.250. The van der Waals surface area contributed by atoms with E-state index in [1.807, 2.05) is 0 Å². The van der Waals surface area contributed by atoms with Gasteiger partial charge in [0, 0.05) is 10.2 Å². The Bertz CT molecular complexity index is 721. The van der Waals surface area contributed by atoms with Crippen LogP contribution in [0.25, 0.3) is 0 Å². The van der Waals surface area contributed by atoms with Gasteiger partial charge in [-0.25, -0.2) is 18.1 Å². The average molecular weight is 360 g/mol.